The first-order valence-electron chi connectivity index (χ1n) is 16.7. The zero-order valence-electron chi connectivity index (χ0n) is 26.2. The van der Waals surface area contributed by atoms with Gasteiger partial charge in [-0.25, -0.2) is 4.99 Å². The highest BCUT2D eigenvalue weighted by atomic mass is 14.8. The lowest BCUT2D eigenvalue weighted by Gasteiger charge is -2.08. The SMILES string of the molecule is CCCCCCCCCCCCCCCCC=CC(C=Nc1ccc(CCC)c(CCC)c1)=Nc1ccccc1. The lowest BCUT2D eigenvalue weighted by molar-refractivity contribution is 0.536. The number of unbranched alkanes of at least 4 members (excludes halogenated alkanes) is 14. The largest absolute Gasteiger partial charge is 0.255 e. The summed E-state index contributed by atoms with van der Waals surface area (Å²) in [5, 5.41) is 0. The summed E-state index contributed by atoms with van der Waals surface area (Å²) < 4.78 is 0. The monoisotopic (exact) mass is 542 g/mol. The molecular formula is C38H58N2. The predicted octanol–water partition coefficient (Wildman–Crippen LogP) is 12.5. The molecule has 0 heterocycles. The van der Waals surface area contributed by atoms with Gasteiger partial charge in [-0.15, -0.1) is 0 Å². The van der Waals surface area contributed by atoms with Crippen molar-refractivity contribution in [2.24, 2.45) is 9.98 Å². The maximum Gasteiger partial charge on any atom is 0.0816 e. The number of aliphatic imine (C=N–C) groups is 2. The average molecular weight is 543 g/mol. The summed E-state index contributed by atoms with van der Waals surface area (Å²) in [4.78, 5) is 9.70. The maximum absolute atomic E-state index is 4.87. The molecule has 0 aliphatic carbocycles. The Morgan fingerprint density at radius 1 is 0.575 bits per heavy atom. The van der Waals surface area contributed by atoms with E-state index in [9.17, 15) is 0 Å². The van der Waals surface area contributed by atoms with Crippen LogP contribution < -0.4 is 0 Å². The van der Waals surface area contributed by atoms with Gasteiger partial charge in [0.15, 0.2) is 0 Å². The van der Waals surface area contributed by atoms with Crippen molar-refractivity contribution < 1.29 is 0 Å². The molecule has 220 valence electrons. The van der Waals surface area contributed by atoms with Crippen molar-refractivity contribution in [2.45, 2.75) is 143 Å². The zero-order valence-corrected chi connectivity index (χ0v) is 26.2. The minimum Gasteiger partial charge on any atom is -0.255 e. The highest BCUT2D eigenvalue weighted by Gasteiger charge is 2.03. The van der Waals surface area contributed by atoms with Crippen LogP contribution in [0.3, 0.4) is 0 Å². The van der Waals surface area contributed by atoms with Crippen molar-refractivity contribution in [3.05, 3.63) is 71.8 Å². The Morgan fingerprint density at radius 3 is 1.75 bits per heavy atom. The van der Waals surface area contributed by atoms with Gasteiger partial charge in [0.05, 0.1) is 23.3 Å². The molecule has 0 spiro atoms. The van der Waals surface area contributed by atoms with Crippen molar-refractivity contribution >= 4 is 23.3 Å². The molecule has 2 aromatic carbocycles. The van der Waals surface area contributed by atoms with E-state index in [1.54, 1.807) is 0 Å². The van der Waals surface area contributed by atoms with Gasteiger partial charge in [-0.05, 0) is 67.2 Å². The van der Waals surface area contributed by atoms with Gasteiger partial charge in [-0.3, -0.25) is 4.99 Å². The topological polar surface area (TPSA) is 24.7 Å². The molecule has 40 heavy (non-hydrogen) atoms. The second-order valence-electron chi connectivity index (χ2n) is 11.4. The van der Waals surface area contributed by atoms with Crippen molar-refractivity contribution in [1.82, 2.24) is 0 Å². The number of allylic oxidation sites excluding steroid dienone is 2. The molecule has 0 saturated carbocycles. The first-order valence-corrected chi connectivity index (χ1v) is 16.7. The number of rotatable bonds is 23. The molecule has 0 bridgehead atoms. The Kier molecular flexibility index (Phi) is 19.6. The Hall–Kier alpha value is -2.48. The third-order valence-electron chi connectivity index (χ3n) is 7.60. The van der Waals surface area contributed by atoms with Gasteiger partial charge in [-0.1, -0.05) is 147 Å². The summed E-state index contributed by atoms with van der Waals surface area (Å²) in [5.41, 5.74) is 5.80. The number of aryl methyl sites for hydroxylation is 2. The molecule has 0 N–H and O–H groups in total. The van der Waals surface area contributed by atoms with E-state index in [0.29, 0.717) is 0 Å². The number of benzene rings is 2. The van der Waals surface area contributed by atoms with Gasteiger partial charge in [0.2, 0.25) is 0 Å². The van der Waals surface area contributed by atoms with Crippen LogP contribution >= 0.6 is 0 Å². The van der Waals surface area contributed by atoms with Gasteiger partial charge in [0, 0.05) is 0 Å². The summed E-state index contributed by atoms with van der Waals surface area (Å²) in [6.07, 6.45) is 31.7. The molecule has 2 aromatic rings. The van der Waals surface area contributed by atoms with Crippen LogP contribution in [0, 0.1) is 0 Å². The fourth-order valence-corrected chi connectivity index (χ4v) is 5.27. The standard InChI is InChI=1S/C38H58N2/c1-4-7-8-9-10-11-12-13-14-15-16-17-18-19-20-22-29-38(40-36-27-23-21-24-28-36)33-39-37-31-30-34(25-5-2)35(32-37)26-6-3/h21-24,27-33H,4-20,25-26H2,1-3H3. The van der Waals surface area contributed by atoms with Crippen molar-refractivity contribution in [1.29, 1.82) is 0 Å². The lowest BCUT2D eigenvalue weighted by Crippen LogP contribution is -1.96. The van der Waals surface area contributed by atoms with Crippen LogP contribution in [-0.4, -0.2) is 11.9 Å². The molecule has 0 aromatic heterocycles. The smallest absolute Gasteiger partial charge is 0.0816 e. The molecular weight excluding hydrogens is 484 g/mol. The Labute approximate surface area is 247 Å². The molecule has 0 atom stereocenters. The molecule has 0 amide bonds. The summed E-state index contributed by atoms with van der Waals surface area (Å²) in [6, 6.07) is 16.9. The number of hydrogen-bond donors (Lipinski definition) is 0. The summed E-state index contributed by atoms with van der Waals surface area (Å²) in [7, 11) is 0. The van der Waals surface area contributed by atoms with E-state index in [1.807, 2.05) is 36.5 Å². The van der Waals surface area contributed by atoms with Gasteiger partial charge in [-0.2, -0.15) is 0 Å². The highest BCUT2D eigenvalue weighted by molar-refractivity contribution is 6.36. The predicted molar refractivity (Wildman–Crippen MR) is 180 cm³/mol. The molecule has 0 aliphatic rings. The molecule has 2 nitrogen and oxygen atoms in total. The van der Waals surface area contributed by atoms with Crippen molar-refractivity contribution in [3.8, 4) is 0 Å². The molecule has 2 rings (SSSR count). The van der Waals surface area contributed by atoms with E-state index < -0.39 is 0 Å². The second kappa shape index (κ2) is 23.2. The summed E-state index contributed by atoms with van der Waals surface area (Å²) in [5.74, 6) is 0. The molecule has 0 unspecified atom stereocenters. The van der Waals surface area contributed by atoms with Crippen LogP contribution in [-0.2, 0) is 12.8 Å². The van der Waals surface area contributed by atoms with E-state index in [-0.39, 0.29) is 0 Å². The minimum absolute atomic E-state index is 0.909. The van der Waals surface area contributed by atoms with Gasteiger partial charge < -0.3 is 0 Å². The fraction of sp³-hybridized carbons (Fsp3) is 0.579. The van der Waals surface area contributed by atoms with Crippen LogP contribution in [0.1, 0.15) is 141 Å². The molecule has 2 heteroatoms. The Balaban J connectivity index is 1.76. The Bertz CT molecular complexity index is 970. The minimum atomic E-state index is 0.909. The fourth-order valence-electron chi connectivity index (χ4n) is 5.27. The highest BCUT2D eigenvalue weighted by Crippen LogP contribution is 2.21. The quantitative estimate of drug-likeness (QED) is 0.0985. The van der Waals surface area contributed by atoms with Gasteiger partial charge >= 0.3 is 0 Å². The summed E-state index contributed by atoms with van der Waals surface area (Å²) >= 11 is 0. The third-order valence-corrected chi connectivity index (χ3v) is 7.60. The van der Waals surface area contributed by atoms with Crippen LogP contribution in [0.4, 0.5) is 11.4 Å². The maximum atomic E-state index is 4.87. The van der Waals surface area contributed by atoms with Crippen LogP contribution in [0.2, 0.25) is 0 Å². The average Bonchev–Trinajstić information content (AvgIpc) is 2.97. The normalized spacial score (nSPS) is 12.2. The zero-order chi connectivity index (χ0) is 28.5. The van der Waals surface area contributed by atoms with E-state index in [2.05, 4.69) is 51.1 Å². The lowest BCUT2D eigenvalue weighted by atomic mass is 9.99. The number of hydrogen-bond acceptors (Lipinski definition) is 2. The second-order valence-corrected chi connectivity index (χ2v) is 11.4. The van der Waals surface area contributed by atoms with Crippen LogP contribution in [0.15, 0.2) is 70.7 Å². The van der Waals surface area contributed by atoms with Crippen molar-refractivity contribution in [2.75, 3.05) is 0 Å². The molecule has 0 radical (unpaired) electrons. The van der Waals surface area contributed by atoms with Crippen LogP contribution in [0.25, 0.3) is 0 Å². The third kappa shape index (κ3) is 15.9. The van der Waals surface area contributed by atoms with E-state index >= 15 is 0 Å². The molecule has 0 aliphatic heterocycles. The Morgan fingerprint density at radius 2 is 1.15 bits per heavy atom. The van der Waals surface area contributed by atoms with Crippen molar-refractivity contribution in [3.63, 3.8) is 0 Å². The van der Waals surface area contributed by atoms with Gasteiger partial charge in [0.25, 0.3) is 0 Å². The van der Waals surface area contributed by atoms with Crippen LogP contribution in [0.5, 0.6) is 0 Å². The van der Waals surface area contributed by atoms with E-state index in [4.69, 9.17) is 9.98 Å². The summed E-state index contributed by atoms with van der Waals surface area (Å²) in [6.45, 7) is 6.79. The van der Waals surface area contributed by atoms with E-state index in [0.717, 1.165) is 42.8 Å². The molecule has 0 fully saturated rings. The van der Waals surface area contributed by atoms with Gasteiger partial charge in [0.1, 0.15) is 0 Å². The number of nitrogens with zero attached hydrogens (tertiary/aromatic N) is 2. The number of para-hydroxylation sites is 1. The van der Waals surface area contributed by atoms with E-state index in [1.165, 1.54) is 107 Å². The first-order chi connectivity index (χ1) is 19.8. The first kappa shape index (κ1) is 33.7. The molecule has 0 saturated heterocycles.